The topological polar surface area (TPSA) is 147 Å². The van der Waals surface area contributed by atoms with Crippen molar-refractivity contribution in [2.24, 2.45) is 0 Å². The number of amides is 2. The summed E-state index contributed by atoms with van der Waals surface area (Å²) in [5.74, 6) is 0.952. The molecular formula is C33H35F3N8O5. The molecule has 7 rings (SSSR count). The Kier molecular flexibility index (Phi) is 9.41. The lowest BCUT2D eigenvalue weighted by atomic mass is 10.1. The largest absolute Gasteiger partial charge is 0.505 e. The minimum Gasteiger partial charge on any atom is -0.505 e. The van der Waals surface area contributed by atoms with Crippen molar-refractivity contribution in [1.29, 1.82) is 0 Å². The highest BCUT2D eigenvalue weighted by atomic mass is 19.4. The van der Waals surface area contributed by atoms with E-state index in [1.54, 1.807) is 11.0 Å². The highest BCUT2D eigenvalue weighted by Crippen LogP contribution is 2.35. The number of ether oxygens (including phenoxy) is 1. The Morgan fingerprint density at radius 3 is 2.57 bits per heavy atom. The third-order valence-electron chi connectivity index (χ3n) is 8.90. The van der Waals surface area contributed by atoms with Crippen LogP contribution in [0.5, 0.6) is 5.75 Å². The first-order chi connectivity index (χ1) is 23.5. The van der Waals surface area contributed by atoms with E-state index in [1.807, 2.05) is 6.08 Å². The van der Waals surface area contributed by atoms with E-state index < -0.39 is 11.7 Å². The molecule has 6 heterocycles. The molecule has 0 bridgehead atoms. The molecule has 49 heavy (non-hydrogen) atoms. The van der Waals surface area contributed by atoms with Crippen molar-refractivity contribution in [3.63, 3.8) is 0 Å². The molecule has 2 amide bonds. The molecule has 4 aromatic rings. The van der Waals surface area contributed by atoms with Crippen LogP contribution in [0.15, 0.2) is 47.4 Å². The molecule has 1 aromatic carbocycles. The third-order valence-corrected chi connectivity index (χ3v) is 8.90. The van der Waals surface area contributed by atoms with E-state index >= 15 is 0 Å². The third kappa shape index (κ3) is 6.72. The van der Waals surface area contributed by atoms with Crippen LogP contribution in [0.4, 0.5) is 24.5 Å². The van der Waals surface area contributed by atoms with E-state index in [-0.39, 0.29) is 28.8 Å². The lowest BCUT2D eigenvalue weighted by molar-refractivity contribution is -0.137. The van der Waals surface area contributed by atoms with Crippen LogP contribution in [0.3, 0.4) is 0 Å². The molecule has 2 N–H and O–H groups in total. The molecule has 3 aliphatic rings. The number of carbonyl (C=O) groups is 2. The van der Waals surface area contributed by atoms with Gasteiger partial charge in [0.1, 0.15) is 11.4 Å². The van der Waals surface area contributed by atoms with Crippen LogP contribution < -0.4 is 15.8 Å². The average Bonchev–Trinajstić information content (AvgIpc) is 3.71. The molecule has 3 aromatic heterocycles. The van der Waals surface area contributed by atoms with Crippen LogP contribution in [-0.4, -0.2) is 85.9 Å². The minimum absolute atomic E-state index is 0.0505. The summed E-state index contributed by atoms with van der Waals surface area (Å²) in [5, 5.41) is 16.9. The molecule has 1 fully saturated rings. The van der Waals surface area contributed by atoms with Gasteiger partial charge in [0.05, 0.1) is 24.5 Å². The second kappa shape index (κ2) is 13.7. The number of anilines is 2. The normalized spacial score (nSPS) is 17.7. The summed E-state index contributed by atoms with van der Waals surface area (Å²) in [6.45, 7) is 7.44. The number of carbonyl (C=O) groups excluding carboxylic acids is 2. The smallest absolute Gasteiger partial charge is 0.416 e. The number of rotatable bonds is 5. The summed E-state index contributed by atoms with van der Waals surface area (Å²) >= 11 is 0. The predicted molar refractivity (Wildman–Crippen MR) is 174 cm³/mol. The fourth-order valence-electron chi connectivity index (χ4n) is 6.31. The lowest BCUT2D eigenvalue weighted by Crippen LogP contribution is -2.50. The Bertz CT molecular complexity index is 1980. The summed E-state index contributed by atoms with van der Waals surface area (Å²) in [6, 6.07) is 6.20. The van der Waals surface area contributed by atoms with Gasteiger partial charge in [-0.25, -0.2) is 4.98 Å². The predicted octanol–water partition coefficient (Wildman–Crippen LogP) is 3.85. The molecule has 1 saturated heterocycles. The Balaban J connectivity index is 0.000000251. The van der Waals surface area contributed by atoms with Crippen molar-refractivity contribution in [1.82, 2.24) is 29.0 Å². The molecule has 1 unspecified atom stereocenters. The standard InChI is InChI=1S/C24H27N7O4.C9H8F3NO/c1-15-4-8-30-19(15)20(23(34)31-24(30)26-21(27-31)16-5-13-35-14-6-16)28-9-11-29(12-10-28)22(33)18-17(32)3-2-7-25-18;1-6-4-7(9(10,11)12)2-3-8(6)13-5-14/h2-3,5,7,15,32H,4,6,8-14H2,1H3;2-5H,1H3,(H,13,14). The number of nitrogens with one attached hydrogen (secondary N) is 1. The van der Waals surface area contributed by atoms with Crippen LogP contribution in [-0.2, 0) is 22.3 Å². The first-order valence-corrected chi connectivity index (χ1v) is 15.8. The van der Waals surface area contributed by atoms with Gasteiger partial charge in [-0.1, -0.05) is 13.0 Å². The molecule has 13 nitrogen and oxygen atoms in total. The zero-order valence-electron chi connectivity index (χ0n) is 26.9. The molecule has 0 radical (unpaired) electrons. The zero-order chi connectivity index (χ0) is 34.9. The summed E-state index contributed by atoms with van der Waals surface area (Å²) in [4.78, 5) is 49.2. The summed E-state index contributed by atoms with van der Waals surface area (Å²) < 4.78 is 45.6. The number of aromatic hydroxyl groups is 1. The maximum absolute atomic E-state index is 13.7. The number of nitrogens with zero attached hydrogens (tertiary/aromatic N) is 7. The van der Waals surface area contributed by atoms with Gasteiger partial charge in [0.2, 0.25) is 12.2 Å². The van der Waals surface area contributed by atoms with Gasteiger partial charge in [0.25, 0.3) is 11.5 Å². The van der Waals surface area contributed by atoms with Crippen molar-refractivity contribution >= 4 is 35.0 Å². The SMILES string of the molecule is CC1CCn2c1c(N1CCN(C(=O)c3ncccc3O)CC1)c(=O)n1nc(C3=CCOCC3)nc21.Cc1cc(C(F)(F)F)ccc1NC=O. The Morgan fingerprint density at radius 2 is 1.92 bits per heavy atom. The van der Waals surface area contributed by atoms with E-state index in [2.05, 4.69) is 31.8 Å². The van der Waals surface area contributed by atoms with E-state index in [0.29, 0.717) is 74.3 Å². The van der Waals surface area contributed by atoms with Crippen LogP contribution >= 0.6 is 0 Å². The van der Waals surface area contributed by atoms with Gasteiger partial charge >= 0.3 is 6.18 Å². The van der Waals surface area contributed by atoms with Crippen LogP contribution in [0.2, 0.25) is 0 Å². The van der Waals surface area contributed by atoms with E-state index in [0.717, 1.165) is 42.8 Å². The zero-order valence-corrected chi connectivity index (χ0v) is 26.9. The maximum atomic E-state index is 13.7. The number of benzene rings is 1. The molecule has 16 heteroatoms. The number of aryl methyl sites for hydroxylation is 2. The summed E-state index contributed by atoms with van der Waals surface area (Å²) in [5.41, 5.74) is 2.57. The van der Waals surface area contributed by atoms with E-state index in [1.165, 1.54) is 29.8 Å². The van der Waals surface area contributed by atoms with Gasteiger partial charge < -0.3 is 29.5 Å². The van der Waals surface area contributed by atoms with Crippen LogP contribution in [0.1, 0.15) is 58.8 Å². The quantitative estimate of drug-likeness (QED) is 0.300. The van der Waals surface area contributed by atoms with Crippen molar-refractivity contribution in [3.8, 4) is 5.75 Å². The number of halogens is 3. The van der Waals surface area contributed by atoms with Crippen LogP contribution in [0, 0.1) is 6.92 Å². The van der Waals surface area contributed by atoms with Gasteiger partial charge in [-0.2, -0.15) is 22.7 Å². The highest BCUT2D eigenvalue weighted by molar-refractivity contribution is 5.95. The van der Waals surface area contributed by atoms with Crippen molar-refractivity contribution < 1.29 is 32.6 Å². The molecular weight excluding hydrogens is 645 g/mol. The van der Waals surface area contributed by atoms with Crippen LogP contribution in [0.25, 0.3) is 11.4 Å². The number of pyridine rings is 1. The summed E-state index contributed by atoms with van der Waals surface area (Å²) in [7, 11) is 0. The molecule has 258 valence electrons. The maximum Gasteiger partial charge on any atom is 0.416 e. The number of piperazine rings is 1. The molecule has 0 saturated carbocycles. The lowest BCUT2D eigenvalue weighted by Gasteiger charge is -2.36. The van der Waals surface area contributed by atoms with Crippen molar-refractivity contribution in [2.45, 2.75) is 45.3 Å². The number of hydrogen-bond acceptors (Lipinski definition) is 9. The molecule has 0 aliphatic carbocycles. The second-order valence-corrected chi connectivity index (χ2v) is 12.0. The number of fused-ring (bicyclic) bond motifs is 3. The number of aromatic nitrogens is 5. The van der Waals surface area contributed by atoms with Crippen molar-refractivity contribution in [2.75, 3.05) is 49.6 Å². The Morgan fingerprint density at radius 1 is 1.14 bits per heavy atom. The van der Waals surface area contributed by atoms with Crippen molar-refractivity contribution in [3.05, 3.63) is 81.3 Å². The molecule has 3 aliphatic heterocycles. The minimum atomic E-state index is -4.34. The monoisotopic (exact) mass is 680 g/mol. The highest BCUT2D eigenvalue weighted by Gasteiger charge is 2.34. The van der Waals surface area contributed by atoms with Gasteiger partial charge in [0, 0.05) is 50.5 Å². The van der Waals surface area contributed by atoms with Gasteiger partial charge in [-0.15, -0.1) is 5.10 Å². The number of alkyl halides is 3. The second-order valence-electron chi connectivity index (χ2n) is 12.0. The first-order valence-electron chi connectivity index (χ1n) is 15.8. The van der Waals surface area contributed by atoms with Gasteiger partial charge in [-0.05, 0) is 61.2 Å². The van der Waals surface area contributed by atoms with E-state index in [9.17, 15) is 32.7 Å². The molecule has 0 spiro atoms. The fraction of sp³-hybridized carbons (Fsp3) is 0.394. The number of hydrogen-bond donors (Lipinski definition) is 2. The average molecular weight is 681 g/mol. The Hall–Kier alpha value is -5.25. The van der Waals surface area contributed by atoms with E-state index in [4.69, 9.17) is 9.72 Å². The first kappa shape index (κ1) is 33.6. The molecule has 1 atom stereocenters. The Labute approximate surface area is 278 Å². The summed E-state index contributed by atoms with van der Waals surface area (Å²) in [6.07, 6.45) is 1.21. The van der Waals surface area contributed by atoms with Gasteiger partial charge in [-0.3, -0.25) is 14.4 Å². The van der Waals surface area contributed by atoms with Gasteiger partial charge in [0.15, 0.2) is 11.5 Å². The fourth-order valence-corrected chi connectivity index (χ4v) is 6.31.